The summed E-state index contributed by atoms with van der Waals surface area (Å²) >= 11 is 0. The Kier molecular flexibility index (Phi) is 7.95. The van der Waals surface area contributed by atoms with E-state index in [0.717, 1.165) is 62.1 Å². The van der Waals surface area contributed by atoms with Crippen molar-refractivity contribution < 1.29 is 9.32 Å². The van der Waals surface area contributed by atoms with E-state index in [1.165, 1.54) is 0 Å². The van der Waals surface area contributed by atoms with Gasteiger partial charge in [-0.1, -0.05) is 31.8 Å². The normalized spacial score (nSPS) is 10.8. The Morgan fingerprint density at radius 1 is 1.20 bits per heavy atom. The minimum absolute atomic E-state index is 0.100. The molecular weight excluding hydrogens is 254 g/mol. The zero-order valence-corrected chi connectivity index (χ0v) is 12.7. The predicted molar refractivity (Wildman–Crippen MR) is 79.2 cm³/mol. The molecule has 1 rings (SSSR count). The highest BCUT2D eigenvalue weighted by Crippen LogP contribution is 2.15. The van der Waals surface area contributed by atoms with Gasteiger partial charge < -0.3 is 15.6 Å². The molecule has 20 heavy (non-hydrogen) atoms. The highest BCUT2D eigenvalue weighted by atomic mass is 16.5. The average molecular weight is 281 g/mol. The molecule has 0 aromatic carbocycles. The number of carbonyl (C=O) groups is 1. The van der Waals surface area contributed by atoms with Gasteiger partial charge in [0.1, 0.15) is 5.76 Å². The number of unbranched alkanes of at least 4 members (excludes halogenated alkanes) is 3. The fraction of sp³-hybridized carbons (Fsp3) is 0.733. The van der Waals surface area contributed by atoms with Crippen LogP contribution in [0.15, 0.2) is 4.52 Å². The SMILES string of the molecule is CCc1noc(CC)c1CNC(=O)CCCCCCN. The van der Waals surface area contributed by atoms with Gasteiger partial charge in [0.2, 0.25) is 5.91 Å². The molecule has 0 atom stereocenters. The first-order chi connectivity index (χ1) is 9.72. The molecule has 1 aromatic heterocycles. The van der Waals surface area contributed by atoms with Crippen molar-refractivity contribution in [3.8, 4) is 0 Å². The van der Waals surface area contributed by atoms with Crippen LogP contribution in [0.5, 0.6) is 0 Å². The molecule has 0 radical (unpaired) electrons. The van der Waals surface area contributed by atoms with Crippen LogP contribution in [0.1, 0.15) is 63.0 Å². The second kappa shape index (κ2) is 9.53. The monoisotopic (exact) mass is 281 g/mol. The van der Waals surface area contributed by atoms with Gasteiger partial charge in [0.15, 0.2) is 0 Å². The summed E-state index contributed by atoms with van der Waals surface area (Å²) in [6.07, 6.45) is 6.36. The van der Waals surface area contributed by atoms with Crippen molar-refractivity contribution in [3.63, 3.8) is 0 Å². The first kappa shape index (κ1) is 16.7. The van der Waals surface area contributed by atoms with Gasteiger partial charge in [-0.25, -0.2) is 0 Å². The molecular formula is C15H27N3O2. The van der Waals surface area contributed by atoms with Crippen LogP contribution >= 0.6 is 0 Å². The predicted octanol–water partition coefficient (Wildman–Crippen LogP) is 2.32. The van der Waals surface area contributed by atoms with E-state index in [9.17, 15) is 4.79 Å². The number of aromatic nitrogens is 1. The minimum atomic E-state index is 0.100. The largest absolute Gasteiger partial charge is 0.361 e. The molecule has 0 aliphatic heterocycles. The Labute approximate surface area is 121 Å². The summed E-state index contributed by atoms with van der Waals surface area (Å²) in [5, 5.41) is 7.00. The minimum Gasteiger partial charge on any atom is -0.361 e. The van der Waals surface area contributed by atoms with Gasteiger partial charge in [-0.05, 0) is 25.8 Å². The average Bonchev–Trinajstić information content (AvgIpc) is 2.86. The summed E-state index contributed by atoms with van der Waals surface area (Å²) < 4.78 is 5.28. The van der Waals surface area contributed by atoms with Gasteiger partial charge in [-0.15, -0.1) is 0 Å². The van der Waals surface area contributed by atoms with E-state index >= 15 is 0 Å². The Bertz CT molecular complexity index is 380. The smallest absolute Gasteiger partial charge is 0.220 e. The maximum absolute atomic E-state index is 11.8. The van der Waals surface area contributed by atoms with Gasteiger partial charge in [0.25, 0.3) is 0 Å². The number of amides is 1. The van der Waals surface area contributed by atoms with E-state index in [-0.39, 0.29) is 5.91 Å². The Balaban J connectivity index is 2.31. The number of nitrogens with one attached hydrogen (secondary N) is 1. The molecule has 1 aromatic rings. The van der Waals surface area contributed by atoms with Gasteiger partial charge >= 0.3 is 0 Å². The number of rotatable bonds is 10. The van der Waals surface area contributed by atoms with Crippen molar-refractivity contribution in [2.75, 3.05) is 6.54 Å². The second-order valence-corrected chi connectivity index (χ2v) is 4.97. The zero-order valence-electron chi connectivity index (χ0n) is 12.7. The van der Waals surface area contributed by atoms with E-state index < -0.39 is 0 Å². The number of carbonyl (C=O) groups excluding carboxylic acids is 1. The van der Waals surface area contributed by atoms with Crippen molar-refractivity contribution in [3.05, 3.63) is 17.0 Å². The molecule has 0 aliphatic rings. The first-order valence-corrected chi connectivity index (χ1v) is 7.65. The van der Waals surface area contributed by atoms with Crippen LogP contribution in [0, 0.1) is 0 Å². The van der Waals surface area contributed by atoms with Gasteiger partial charge in [-0.3, -0.25) is 4.79 Å². The molecule has 1 amide bonds. The molecule has 5 nitrogen and oxygen atoms in total. The van der Waals surface area contributed by atoms with E-state index in [4.69, 9.17) is 10.3 Å². The van der Waals surface area contributed by atoms with Crippen molar-refractivity contribution in [1.82, 2.24) is 10.5 Å². The number of hydrogen-bond acceptors (Lipinski definition) is 4. The molecule has 0 saturated carbocycles. The molecule has 3 N–H and O–H groups in total. The summed E-state index contributed by atoms with van der Waals surface area (Å²) in [6, 6.07) is 0. The van der Waals surface area contributed by atoms with E-state index in [1.54, 1.807) is 0 Å². The summed E-state index contributed by atoms with van der Waals surface area (Å²) in [5.41, 5.74) is 7.43. The lowest BCUT2D eigenvalue weighted by molar-refractivity contribution is -0.121. The number of aryl methyl sites for hydroxylation is 2. The quantitative estimate of drug-likeness (QED) is 0.645. The fourth-order valence-corrected chi connectivity index (χ4v) is 2.20. The van der Waals surface area contributed by atoms with Crippen molar-refractivity contribution in [1.29, 1.82) is 0 Å². The molecule has 1 heterocycles. The second-order valence-electron chi connectivity index (χ2n) is 4.97. The van der Waals surface area contributed by atoms with Crippen LogP contribution in [-0.2, 0) is 24.2 Å². The summed E-state index contributed by atoms with van der Waals surface area (Å²) in [5.74, 6) is 0.980. The highest BCUT2D eigenvalue weighted by molar-refractivity contribution is 5.75. The van der Waals surface area contributed by atoms with Crippen LogP contribution in [0.4, 0.5) is 0 Å². The highest BCUT2D eigenvalue weighted by Gasteiger charge is 2.13. The lowest BCUT2D eigenvalue weighted by Gasteiger charge is -2.06. The van der Waals surface area contributed by atoms with Crippen LogP contribution in [0.25, 0.3) is 0 Å². The third-order valence-electron chi connectivity index (χ3n) is 3.43. The molecule has 0 bridgehead atoms. The van der Waals surface area contributed by atoms with E-state index in [0.29, 0.717) is 13.0 Å². The standard InChI is InChI=1S/C15H27N3O2/c1-3-13-12(14(4-2)20-18-13)11-17-15(19)9-7-5-6-8-10-16/h3-11,16H2,1-2H3,(H,17,19). The lowest BCUT2D eigenvalue weighted by atomic mass is 10.1. The Morgan fingerprint density at radius 3 is 2.60 bits per heavy atom. The number of nitrogens with two attached hydrogens (primary N) is 1. The molecule has 5 heteroatoms. The van der Waals surface area contributed by atoms with Gasteiger partial charge in [0, 0.05) is 24.9 Å². The molecule has 0 aliphatic carbocycles. The number of nitrogens with zero attached hydrogens (tertiary/aromatic N) is 1. The van der Waals surface area contributed by atoms with E-state index in [1.807, 2.05) is 13.8 Å². The maximum atomic E-state index is 11.8. The van der Waals surface area contributed by atoms with Crippen molar-refractivity contribution >= 4 is 5.91 Å². The molecule has 0 unspecified atom stereocenters. The van der Waals surface area contributed by atoms with Crippen LogP contribution in [-0.4, -0.2) is 17.6 Å². The van der Waals surface area contributed by atoms with E-state index in [2.05, 4.69) is 10.5 Å². The van der Waals surface area contributed by atoms with Gasteiger partial charge in [0.05, 0.1) is 5.69 Å². The lowest BCUT2D eigenvalue weighted by Crippen LogP contribution is -2.23. The molecule has 0 fully saturated rings. The zero-order chi connectivity index (χ0) is 14.8. The maximum Gasteiger partial charge on any atom is 0.220 e. The Morgan fingerprint density at radius 2 is 1.95 bits per heavy atom. The molecule has 0 saturated heterocycles. The molecule has 114 valence electrons. The summed E-state index contributed by atoms with van der Waals surface area (Å²) in [7, 11) is 0. The fourth-order valence-electron chi connectivity index (χ4n) is 2.20. The first-order valence-electron chi connectivity index (χ1n) is 7.65. The summed E-state index contributed by atoms with van der Waals surface area (Å²) in [6.45, 7) is 5.33. The number of hydrogen-bond donors (Lipinski definition) is 2. The summed E-state index contributed by atoms with van der Waals surface area (Å²) in [4.78, 5) is 11.8. The van der Waals surface area contributed by atoms with Crippen molar-refractivity contribution in [2.24, 2.45) is 5.73 Å². The topological polar surface area (TPSA) is 81.2 Å². The Hall–Kier alpha value is -1.36. The van der Waals surface area contributed by atoms with Crippen LogP contribution in [0.3, 0.4) is 0 Å². The van der Waals surface area contributed by atoms with Crippen LogP contribution < -0.4 is 11.1 Å². The van der Waals surface area contributed by atoms with Crippen LogP contribution in [0.2, 0.25) is 0 Å². The van der Waals surface area contributed by atoms with Crippen molar-refractivity contribution in [2.45, 2.75) is 65.3 Å². The third kappa shape index (κ3) is 5.33. The van der Waals surface area contributed by atoms with Gasteiger partial charge in [-0.2, -0.15) is 0 Å². The molecule has 0 spiro atoms. The third-order valence-corrected chi connectivity index (χ3v) is 3.43.